The maximum atomic E-state index is 6.19. The smallest absolute Gasteiger partial charge is 0.0954 e. The van der Waals surface area contributed by atoms with E-state index >= 15 is 0 Å². The van der Waals surface area contributed by atoms with Crippen molar-refractivity contribution in [3.8, 4) is 0 Å². The second-order valence-corrected chi connectivity index (χ2v) is 4.88. The van der Waals surface area contributed by atoms with Crippen LogP contribution >= 0.6 is 34.8 Å². The lowest BCUT2D eigenvalue weighted by Gasteiger charge is -2.17. The van der Waals surface area contributed by atoms with Gasteiger partial charge in [-0.1, -0.05) is 29.3 Å². The van der Waals surface area contributed by atoms with Gasteiger partial charge in [0.15, 0.2) is 0 Å². The summed E-state index contributed by atoms with van der Waals surface area (Å²) < 4.78 is 2.00. The molecule has 1 aromatic carbocycles. The third-order valence-corrected chi connectivity index (χ3v) is 3.55. The third kappa shape index (κ3) is 2.59. The van der Waals surface area contributed by atoms with Gasteiger partial charge in [-0.05, 0) is 24.6 Å². The molecule has 0 N–H and O–H groups in total. The van der Waals surface area contributed by atoms with Gasteiger partial charge in [-0.25, -0.2) is 4.98 Å². The van der Waals surface area contributed by atoms with E-state index in [4.69, 9.17) is 34.8 Å². The molecule has 1 heterocycles. The highest BCUT2D eigenvalue weighted by Gasteiger charge is 2.14. The van der Waals surface area contributed by atoms with Gasteiger partial charge in [0.05, 0.1) is 23.9 Å². The summed E-state index contributed by atoms with van der Waals surface area (Å²) in [5.41, 5.74) is 1.96. The fourth-order valence-electron chi connectivity index (χ4n) is 1.77. The minimum absolute atomic E-state index is 0.0796. The van der Waals surface area contributed by atoms with E-state index in [9.17, 15) is 0 Å². The van der Waals surface area contributed by atoms with Crippen LogP contribution < -0.4 is 0 Å². The van der Waals surface area contributed by atoms with Gasteiger partial charge in [0.1, 0.15) is 0 Å². The van der Waals surface area contributed by atoms with Crippen LogP contribution in [0.1, 0.15) is 24.2 Å². The van der Waals surface area contributed by atoms with Gasteiger partial charge in [-0.15, -0.1) is 11.6 Å². The van der Waals surface area contributed by atoms with Crippen LogP contribution in [-0.2, 0) is 5.88 Å². The van der Waals surface area contributed by atoms with Crippen molar-refractivity contribution >= 4 is 34.8 Å². The first-order chi connectivity index (χ1) is 8.13. The Morgan fingerprint density at radius 1 is 1.35 bits per heavy atom. The summed E-state index contributed by atoms with van der Waals surface area (Å²) >= 11 is 17.9. The second kappa shape index (κ2) is 5.30. The van der Waals surface area contributed by atoms with Gasteiger partial charge in [0.2, 0.25) is 0 Å². The summed E-state index contributed by atoms with van der Waals surface area (Å²) in [6.07, 6.45) is 3.51. The van der Waals surface area contributed by atoms with Crippen molar-refractivity contribution in [2.24, 2.45) is 0 Å². The molecule has 1 atom stereocenters. The zero-order valence-corrected chi connectivity index (χ0v) is 11.5. The van der Waals surface area contributed by atoms with E-state index in [0.29, 0.717) is 15.9 Å². The molecule has 0 fully saturated rings. The number of hydrogen-bond acceptors (Lipinski definition) is 1. The van der Waals surface area contributed by atoms with Crippen LogP contribution in [0.2, 0.25) is 10.0 Å². The number of alkyl halides is 1. The standard InChI is InChI=1S/C12H11Cl3N2/c1-8(17-7-16-6-10(17)5-13)11-3-2-9(14)4-12(11)15/h2-4,6-8H,5H2,1H3. The SMILES string of the molecule is CC(c1ccc(Cl)cc1Cl)n1cncc1CCl. The molecule has 17 heavy (non-hydrogen) atoms. The Balaban J connectivity index is 2.40. The van der Waals surface area contributed by atoms with Crippen molar-refractivity contribution in [3.63, 3.8) is 0 Å². The topological polar surface area (TPSA) is 17.8 Å². The number of imidazole rings is 1. The lowest BCUT2D eigenvalue weighted by Crippen LogP contribution is -2.08. The highest BCUT2D eigenvalue weighted by atomic mass is 35.5. The highest BCUT2D eigenvalue weighted by molar-refractivity contribution is 6.35. The molecule has 0 aliphatic rings. The van der Waals surface area contributed by atoms with Gasteiger partial charge in [-0.3, -0.25) is 0 Å². The Morgan fingerprint density at radius 3 is 2.76 bits per heavy atom. The monoisotopic (exact) mass is 288 g/mol. The second-order valence-electron chi connectivity index (χ2n) is 3.77. The Kier molecular flexibility index (Phi) is 3.97. The number of aromatic nitrogens is 2. The molecule has 2 aromatic rings. The molecule has 2 rings (SSSR count). The van der Waals surface area contributed by atoms with E-state index in [1.165, 1.54) is 0 Å². The molecule has 1 aromatic heterocycles. The molecule has 0 saturated heterocycles. The zero-order chi connectivity index (χ0) is 12.4. The molecule has 0 spiro atoms. The van der Waals surface area contributed by atoms with Crippen LogP contribution in [0.4, 0.5) is 0 Å². The van der Waals surface area contributed by atoms with Crippen molar-refractivity contribution in [2.75, 3.05) is 0 Å². The molecule has 0 saturated carbocycles. The van der Waals surface area contributed by atoms with Crippen molar-refractivity contribution in [3.05, 3.63) is 52.0 Å². The number of halogens is 3. The van der Waals surface area contributed by atoms with Gasteiger partial charge >= 0.3 is 0 Å². The molecule has 90 valence electrons. The molecule has 5 heteroatoms. The molecule has 0 radical (unpaired) electrons. The summed E-state index contributed by atoms with van der Waals surface area (Å²) in [5, 5.41) is 1.29. The van der Waals surface area contributed by atoms with Gasteiger partial charge in [0.25, 0.3) is 0 Å². The van der Waals surface area contributed by atoms with Crippen LogP contribution in [-0.4, -0.2) is 9.55 Å². The van der Waals surface area contributed by atoms with Crippen LogP contribution in [0.15, 0.2) is 30.7 Å². The number of benzene rings is 1. The number of rotatable bonds is 3. The van der Waals surface area contributed by atoms with Crippen molar-refractivity contribution < 1.29 is 0 Å². The summed E-state index contributed by atoms with van der Waals surface area (Å²) in [6, 6.07) is 5.58. The van der Waals surface area contributed by atoms with Crippen LogP contribution in [0.5, 0.6) is 0 Å². The predicted octanol–water partition coefficient (Wildman–Crippen LogP) is 4.54. The average Bonchev–Trinajstić information content (AvgIpc) is 2.76. The lowest BCUT2D eigenvalue weighted by atomic mass is 10.1. The average molecular weight is 290 g/mol. The lowest BCUT2D eigenvalue weighted by molar-refractivity contribution is 0.620. The van der Waals surface area contributed by atoms with Crippen LogP contribution in [0.3, 0.4) is 0 Å². The van der Waals surface area contributed by atoms with E-state index in [2.05, 4.69) is 4.98 Å². The van der Waals surface area contributed by atoms with Gasteiger partial charge in [-0.2, -0.15) is 0 Å². The minimum Gasteiger partial charge on any atom is -0.326 e. The Bertz CT molecular complexity index is 522. The fourth-order valence-corrected chi connectivity index (χ4v) is 2.55. The zero-order valence-electron chi connectivity index (χ0n) is 9.20. The Morgan fingerprint density at radius 2 is 2.12 bits per heavy atom. The van der Waals surface area contributed by atoms with E-state index in [0.717, 1.165) is 11.3 Å². The van der Waals surface area contributed by atoms with E-state index in [-0.39, 0.29) is 6.04 Å². The van der Waals surface area contributed by atoms with E-state index in [1.807, 2.05) is 23.6 Å². The van der Waals surface area contributed by atoms with Crippen LogP contribution in [0.25, 0.3) is 0 Å². The molecule has 0 aliphatic carbocycles. The van der Waals surface area contributed by atoms with Crippen LogP contribution in [0, 0.1) is 0 Å². The molecular weight excluding hydrogens is 279 g/mol. The largest absolute Gasteiger partial charge is 0.326 e. The van der Waals surface area contributed by atoms with Crippen molar-refractivity contribution in [1.29, 1.82) is 0 Å². The molecule has 0 bridgehead atoms. The molecular formula is C12H11Cl3N2. The number of nitrogens with zero attached hydrogens (tertiary/aromatic N) is 2. The first kappa shape index (κ1) is 12.7. The minimum atomic E-state index is 0.0796. The normalized spacial score (nSPS) is 12.7. The van der Waals surface area contributed by atoms with Crippen molar-refractivity contribution in [2.45, 2.75) is 18.8 Å². The molecule has 0 amide bonds. The van der Waals surface area contributed by atoms with Gasteiger partial charge in [0, 0.05) is 16.2 Å². The molecule has 0 aliphatic heterocycles. The predicted molar refractivity (Wildman–Crippen MR) is 72.1 cm³/mol. The maximum absolute atomic E-state index is 6.19. The molecule has 1 unspecified atom stereocenters. The first-order valence-electron chi connectivity index (χ1n) is 5.15. The van der Waals surface area contributed by atoms with Gasteiger partial charge < -0.3 is 4.57 Å². The third-order valence-electron chi connectivity index (χ3n) is 2.71. The Hall–Kier alpha value is -0.700. The summed E-state index contributed by atoms with van der Waals surface area (Å²) in [4.78, 5) is 4.10. The maximum Gasteiger partial charge on any atom is 0.0954 e. The van der Waals surface area contributed by atoms with E-state index < -0.39 is 0 Å². The van der Waals surface area contributed by atoms with Crippen molar-refractivity contribution in [1.82, 2.24) is 9.55 Å². The van der Waals surface area contributed by atoms with E-state index in [1.54, 1.807) is 18.6 Å². The quantitative estimate of drug-likeness (QED) is 0.759. The summed E-state index contributed by atoms with van der Waals surface area (Å²) in [7, 11) is 0. The molecule has 2 nitrogen and oxygen atoms in total. The fraction of sp³-hybridized carbons (Fsp3) is 0.250. The number of hydrogen-bond donors (Lipinski definition) is 0. The highest BCUT2D eigenvalue weighted by Crippen LogP contribution is 2.29. The summed E-state index contributed by atoms with van der Waals surface area (Å²) in [6.45, 7) is 2.05. The Labute approximate surface area is 115 Å². The first-order valence-corrected chi connectivity index (χ1v) is 6.44. The summed E-state index contributed by atoms with van der Waals surface area (Å²) in [5.74, 6) is 0.426.